The van der Waals surface area contributed by atoms with E-state index in [1.54, 1.807) is 0 Å². The van der Waals surface area contributed by atoms with Crippen LogP contribution < -0.4 is 5.32 Å². The molecule has 0 saturated carbocycles. The summed E-state index contributed by atoms with van der Waals surface area (Å²) in [5, 5.41) is 3.97. The molecule has 1 aliphatic rings. The maximum absolute atomic E-state index is 12.1. The zero-order valence-corrected chi connectivity index (χ0v) is 11.2. The van der Waals surface area contributed by atoms with Gasteiger partial charge in [0.2, 0.25) is 0 Å². The molecule has 4 heteroatoms. The van der Waals surface area contributed by atoms with E-state index in [4.69, 9.17) is 16.3 Å². The zero-order chi connectivity index (χ0) is 13.0. The van der Waals surface area contributed by atoms with Crippen molar-refractivity contribution in [3.05, 3.63) is 34.9 Å². The van der Waals surface area contributed by atoms with E-state index in [1.807, 2.05) is 24.3 Å². The van der Waals surface area contributed by atoms with Gasteiger partial charge in [-0.2, -0.15) is 0 Å². The van der Waals surface area contributed by atoms with Crippen LogP contribution in [0.15, 0.2) is 24.3 Å². The number of rotatable bonds is 3. The van der Waals surface area contributed by atoms with Crippen molar-refractivity contribution in [1.82, 2.24) is 5.32 Å². The van der Waals surface area contributed by atoms with Crippen molar-refractivity contribution in [2.45, 2.75) is 18.8 Å². The molecule has 2 rings (SSSR count). The summed E-state index contributed by atoms with van der Waals surface area (Å²) in [5.74, 6) is -0.209. The first-order valence-corrected chi connectivity index (χ1v) is 6.65. The first-order chi connectivity index (χ1) is 8.74. The third kappa shape index (κ3) is 2.85. The SMILES string of the molecule is COC(=O)C(c1ccccc1Cl)C1CCCNC1. The second kappa shape index (κ2) is 6.21. The van der Waals surface area contributed by atoms with Crippen molar-refractivity contribution in [1.29, 1.82) is 0 Å². The second-order valence-corrected chi connectivity index (χ2v) is 5.04. The minimum Gasteiger partial charge on any atom is -0.469 e. The fraction of sp³-hybridized carbons (Fsp3) is 0.500. The number of methoxy groups -OCH3 is 1. The highest BCUT2D eigenvalue weighted by molar-refractivity contribution is 6.31. The number of halogens is 1. The normalized spacial score (nSPS) is 21.3. The molecule has 0 radical (unpaired) electrons. The first kappa shape index (κ1) is 13.4. The van der Waals surface area contributed by atoms with Crippen LogP contribution in [0.5, 0.6) is 0 Å². The Balaban J connectivity index is 2.30. The number of piperidine rings is 1. The molecule has 0 aliphatic carbocycles. The monoisotopic (exact) mass is 267 g/mol. The summed E-state index contributed by atoms with van der Waals surface area (Å²) >= 11 is 6.21. The molecule has 18 heavy (non-hydrogen) atoms. The van der Waals surface area contributed by atoms with E-state index in [-0.39, 0.29) is 17.8 Å². The Bertz CT molecular complexity index is 416. The highest BCUT2D eigenvalue weighted by Crippen LogP contribution is 2.34. The smallest absolute Gasteiger partial charge is 0.313 e. The molecule has 0 spiro atoms. The summed E-state index contributed by atoms with van der Waals surface area (Å²) in [6.07, 6.45) is 2.11. The van der Waals surface area contributed by atoms with Crippen molar-refractivity contribution in [2.75, 3.05) is 20.2 Å². The lowest BCUT2D eigenvalue weighted by Gasteiger charge is -2.29. The molecular weight excluding hydrogens is 250 g/mol. The van der Waals surface area contributed by atoms with Crippen molar-refractivity contribution < 1.29 is 9.53 Å². The Morgan fingerprint density at radius 2 is 2.28 bits per heavy atom. The van der Waals surface area contributed by atoms with Gasteiger partial charge >= 0.3 is 5.97 Å². The highest BCUT2D eigenvalue weighted by Gasteiger charge is 2.32. The van der Waals surface area contributed by atoms with Crippen molar-refractivity contribution >= 4 is 17.6 Å². The predicted octanol–water partition coefficient (Wildman–Crippen LogP) is 2.60. The van der Waals surface area contributed by atoms with Crippen LogP contribution >= 0.6 is 11.6 Å². The van der Waals surface area contributed by atoms with Crippen molar-refractivity contribution in [3.63, 3.8) is 0 Å². The Morgan fingerprint density at radius 3 is 2.89 bits per heavy atom. The molecule has 2 atom stereocenters. The van der Waals surface area contributed by atoms with Gasteiger partial charge in [0.05, 0.1) is 13.0 Å². The van der Waals surface area contributed by atoms with Crippen LogP contribution in [0.3, 0.4) is 0 Å². The van der Waals surface area contributed by atoms with Gasteiger partial charge in [-0.05, 0) is 43.5 Å². The largest absolute Gasteiger partial charge is 0.469 e. The fourth-order valence-electron chi connectivity index (χ4n) is 2.59. The Kier molecular flexibility index (Phi) is 4.61. The average molecular weight is 268 g/mol. The van der Waals surface area contributed by atoms with Crippen LogP contribution in [0.2, 0.25) is 5.02 Å². The van der Waals surface area contributed by atoms with Crippen LogP contribution in [-0.2, 0) is 9.53 Å². The minimum atomic E-state index is -0.267. The molecule has 0 bridgehead atoms. The lowest BCUT2D eigenvalue weighted by atomic mass is 9.81. The summed E-state index contributed by atoms with van der Waals surface area (Å²) in [7, 11) is 1.43. The highest BCUT2D eigenvalue weighted by atomic mass is 35.5. The number of hydrogen-bond acceptors (Lipinski definition) is 3. The average Bonchev–Trinajstić information content (AvgIpc) is 2.42. The fourth-order valence-corrected chi connectivity index (χ4v) is 2.84. The molecule has 1 aliphatic heterocycles. The molecule has 1 saturated heterocycles. The van der Waals surface area contributed by atoms with E-state index >= 15 is 0 Å². The molecule has 1 N–H and O–H groups in total. The minimum absolute atomic E-state index is 0.197. The molecule has 1 aromatic rings. The summed E-state index contributed by atoms with van der Waals surface area (Å²) in [6.45, 7) is 1.86. The Hall–Kier alpha value is -1.06. The summed E-state index contributed by atoms with van der Waals surface area (Å²) in [6, 6.07) is 7.52. The van der Waals surface area contributed by atoms with E-state index in [0.29, 0.717) is 5.02 Å². The molecule has 0 aromatic heterocycles. The number of nitrogens with one attached hydrogen (secondary N) is 1. The number of ether oxygens (including phenoxy) is 1. The lowest BCUT2D eigenvalue weighted by Crippen LogP contribution is -2.36. The summed E-state index contributed by atoms with van der Waals surface area (Å²) in [5.41, 5.74) is 0.875. The summed E-state index contributed by atoms with van der Waals surface area (Å²) < 4.78 is 4.95. The number of hydrogen-bond donors (Lipinski definition) is 1. The lowest BCUT2D eigenvalue weighted by molar-refractivity contribution is -0.144. The van der Waals surface area contributed by atoms with E-state index in [2.05, 4.69) is 5.32 Å². The van der Waals surface area contributed by atoms with Gasteiger partial charge in [-0.1, -0.05) is 29.8 Å². The molecule has 1 fully saturated rings. The third-order valence-corrected chi connectivity index (χ3v) is 3.85. The predicted molar refractivity (Wildman–Crippen MR) is 71.8 cm³/mol. The van der Waals surface area contributed by atoms with Gasteiger partial charge in [0, 0.05) is 5.02 Å². The van der Waals surface area contributed by atoms with Crippen LogP contribution in [0.25, 0.3) is 0 Å². The van der Waals surface area contributed by atoms with Gasteiger partial charge in [-0.15, -0.1) is 0 Å². The second-order valence-electron chi connectivity index (χ2n) is 4.63. The molecular formula is C14H18ClNO2. The van der Waals surface area contributed by atoms with E-state index in [1.165, 1.54) is 7.11 Å². The van der Waals surface area contributed by atoms with Gasteiger partial charge in [0.1, 0.15) is 0 Å². The topological polar surface area (TPSA) is 38.3 Å². The van der Waals surface area contributed by atoms with Gasteiger partial charge in [-0.25, -0.2) is 0 Å². The molecule has 0 amide bonds. The van der Waals surface area contributed by atoms with Crippen LogP contribution in [0, 0.1) is 5.92 Å². The standard InChI is InChI=1S/C14H18ClNO2/c1-18-14(17)13(10-5-4-8-16-9-10)11-6-2-3-7-12(11)15/h2-3,6-7,10,13,16H,4-5,8-9H2,1H3. The number of benzene rings is 1. The van der Waals surface area contributed by atoms with Crippen LogP contribution in [0.4, 0.5) is 0 Å². The van der Waals surface area contributed by atoms with Crippen molar-refractivity contribution in [2.24, 2.45) is 5.92 Å². The van der Waals surface area contributed by atoms with E-state index < -0.39 is 0 Å². The zero-order valence-electron chi connectivity index (χ0n) is 10.5. The maximum atomic E-state index is 12.1. The molecule has 1 aromatic carbocycles. The maximum Gasteiger partial charge on any atom is 0.313 e. The molecule has 3 nitrogen and oxygen atoms in total. The van der Waals surface area contributed by atoms with Gasteiger partial charge in [-0.3, -0.25) is 4.79 Å². The molecule has 2 unspecified atom stereocenters. The van der Waals surface area contributed by atoms with Gasteiger partial charge in [0.25, 0.3) is 0 Å². The third-order valence-electron chi connectivity index (χ3n) is 3.50. The number of carbonyl (C=O) groups excluding carboxylic acids is 1. The summed E-state index contributed by atoms with van der Waals surface area (Å²) in [4.78, 5) is 12.1. The van der Waals surface area contributed by atoms with E-state index in [0.717, 1.165) is 31.5 Å². The first-order valence-electron chi connectivity index (χ1n) is 6.27. The van der Waals surface area contributed by atoms with Gasteiger partial charge < -0.3 is 10.1 Å². The van der Waals surface area contributed by atoms with E-state index in [9.17, 15) is 4.79 Å². The molecule has 98 valence electrons. The Labute approximate surface area is 112 Å². The Morgan fingerprint density at radius 1 is 1.50 bits per heavy atom. The number of esters is 1. The quantitative estimate of drug-likeness (QED) is 0.856. The van der Waals surface area contributed by atoms with Crippen molar-refractivity contribution in [3.8, 4) is 0 Å². The molecule has 1 heterocycles. The van der Waals surface area contributed by atoms with Gasteiger partial charge in [0.15, 0.2) is 0 Å². The van der Waals surface area contributed by atoms with Crippen LogP contribution in [0.1, 0.15) is 24.3 Å². The number of carbonyl (C=O) groups is 1. The van der Waals surface area contributed by atoms with Crippen LogP contribution in [-0.4, -0.2) is 26.2 Å².